The third kappa shape index (κ3) is 1.77. The Kier molecular flexibility index (Phi) is 2.59. The molecule has 1 rings (SSSR count). The number of nitrogens with zero attached hydrogens (tertiary/aromatic N) is 1. The van der Waals surface area contributed by atoms with E-state index >= 15 is 0 Å². The lowest BCUT2D eigenvalue weighted by Gasteiger charge is -2.04. The fourth-order valence-corrected chi connectivity index (χ4v) is 1.51. The van der Waals surface area contributed by atoms with Crippen molar-refractivity contribution in [2.75, 3.05) is 0 Å². The van der Waals surface area contributed by atoms with Gasteiger partial charge in [0.15, 0.2) is 0 Å². The van der Waals surface area contributed by atoms with Crippen LogP contribution in [0.25, 0.3) is 0 Å². The molecule has 1 aromatic rings. The zero-order valence-electron chi connectivity index (χ0n) is 6.15. The van der Waals surface area contributed by atoms with Crippen molar-refractivity contribution in [1.29, 1.82) is 0 Å². The second kappa shape index (κ2) is 3.48. The van der Waals surface area contributed by atoms with Gasteiger partial charge in [-0.05, 0) is 6.42 Å². The Bertz CT molecular complexity index is 233. The van der Waals surface area contributed by atoms with Gasteiger partial charge in [-0.1, -0.05) is 6.92 Å². The van der Waals surface area contributed by atoms with Crippen LogP contribution < -0.4 is 0 Å². The fraction of sp³-hybridized carbons (Fsp3) is 0.429. The molecule has 11 heavy (non-hydrogen) atoms. The number of carbonyl (C=O) groups is 1. The van der Waals surface area contributed by atoms with E-state index in [-0.39, 0.29) is 0 Å². The van der Waals surface area contributed by atoms with E-state index in [1.165, 1.54) is 11.3 Å². The van der Waals surface area contributed by atoms with Crippen LogP contribution in [-0.4, -0.2) is 16.1 Å². The molecule has 0 radical (unpaired) electrons. The van der Waals surface area contributed by atoms with E-state index < -0.39 is 11.9 Å². The quantitative estimate of drug-likeness (QED) is 0.753. The summed E-state index contributed by atoms with van der Waals surface area (Å²) in [7, 11) is 0. The summed E-state index contributed by atoms with van der Waals surface area (Å²) < 4.78 is 0. The molecule has 1 heterocycles. The molecule has 0 bridgehead atoms. The topological polar surface area (TPSA) is 50.2 Å². The van der Waals surface area contributed by atoms with E-state index in [0.29, 0.717) is 12.1 Å². The minimum atomic E-state index is -0.793. The summed E-state index contributed by atoms with van der Waals surface area (Å²) >= 11 is 1.43. The SMILES string of the molecule is CCC(C(=O)O)c1cscn1. The molecule has 0 aliphatic rings. The Morgan fingerprint density at radius 1 is 1.91 bits per heavy atom. The summed E-state index contributed by atoms with van der Waals surface area (Å²) in [5.74, 6) is -1.22. The minimum Gasteiger partial charge on any atom is -0.481 e. The molecule has 0 saturated heterocycles. The number of hydrogen-bond donors (Lipinski definition) is 1. The highest BCUT2D eigenvalue weighted by Gasteiger charge is 2.18. The van der Waals surface area contributed by atoms with Crippen LogP contribution in [0.4, 0.5) is 0 Å². The average Bonchev–Trinajstić information content (AvgIpc) is 2.40. The van der Waals surface area contributed by atoms with Crippen LogP contribution in [0.5, 0.6) is 0 Å². The van der Waals surface area contributed by atoms with Crippen LogP contribution in [0.2, 0.25) is 0 Å². The summed E-state index contributed by atoms with van der Waals surface area (Å²) in [4.78, 5) is 14.5. The first-order valence-corrected chi connectivity index (χ1v) is 4.31. The Balaban J connectivity index is 2.79. The summed E-state index contributed by atoms with van der Waals surface area (Å²) in [5, 5.41) is 10.5. The highest BCUT2D eigenvalue weighted by atomic mass is 32.1. The molecule has 4 heteroatoms. The molecular formula is C7H9NO2S. The van der Waals surface area contributed by atoms with Crippen LogP contribution in [-0.2, 0) is 4.79 Å². The zero-order valence-corrected chi connectivity index (χ0v) is 6.97. The molecule has 0 fully saturated rings. The van der Waals surface area contributed by atoms with Gasteiger partial charge in [0.05, 0.1) is 17.1 Å². The van der Waals surface area contributed by atoms with Gasteiger partial charge in [0.2, 0.25) is 0 Å². The van der Waals surface area contributed by atoms with Gasteiger partial charge in [-0.2, -0.15) is 0 Å². The molecule has 0 aliphatic carbocycles. The molecule has 0 aromatic carbocycles. The number of rotatable bonds is 3. The maximum atomic E-state index is 10.6. The van der Waals surface area contributed by atoms with Crippen LogP contribution in [0, 0.1) is 0 Å². The van der Waals surface area contributed by atoms with Gasteiger partial charge in [0.25, 0.3) is 0 Å². The largest absolute Gasteiger partial charge is 0.481 e. The number of carboxylic acid groups (broad SMARTS) is 1. The van der Waals surface area contributed by atoms with Crippen LogP contribution in [0.15, 0.2) is 10.9 Å². The second-order valence-corrected chi connectivity index (χ2v) is 2.93. The summed E-state index contributed by atoms with van der Waals surface area (Å²) in [5.41, 5.74) is 2.33. The summed E-state index contributed by atoms with van der Waals surface area (Å²) in [6.07, 6.45) is 0.596. The van der Waals surface area contributed by atoms with E-state index in [1.807, 2.05) is 6.92 Å². The van der Waals surface area contributed by atoms with Gasteiger partial charge in [-0.3, -0.25) is 4.79 Å². The van der Waals surface area contributed by atoms with Gasteiger partial charge in [-0.15, -0.1) is 11.3 Å². The lowest BCUT2D eigenvalue weighted by atomic mass is 10.0. The average molecular weight is 171 g/mol. The maximum absolute atomic E-state index is 10.6. The number of aliphatic carboxylic acids is 1. The van der Waals surface area contributed by atoms with Crippen molar-refractivity contribution in [2.45, 2.75) is 19.3 Å². The van der Waals surface area contributed by atoms with Crippen molar-refractivity contribution in [3.63, 3.8) is 0 Å². The lowest BCUT2D eigenvalue weighted by Crippen LogP contribution is -2.10. The number of hydrogen-bond acceptors (Lipinski definition) is 3. The zero-order chi connectivity index (χ0) is 8.27. The molecule has 1 unspecified atom stereocenters. The van der Waals surface area contributed by atoms with E-state index in [1.54, 1.807) is 10.9 Å². The molecule has 0 saturated carbocycles. The number of thiazole rings is 1. The molecule has 1 atom stereocenters. The standard InChI is InChI=1S/C7H9NO2S/c1-2-5(7(9)10)6-3-11-4-8-6/h3-5H,2H2,1H3,(H,9,10). The summed E-state index contributed by atoms with van der Waals surface area (Å²) in [6.45, 7) is 1.85. The van der Waals surface area contributed by atoms with Crippen molar-refractivity contribution in [3.8, 4) is 0 Å². The first kappa shape index (κ1) is 8.20. The van der Waals surface area contributed by atoms with Crippen molar-refractivity contribution in [1.82, 2.24) is 4.98 Å². The van der Waals surface area contributed by atoms with E-state index in [0.717, 1.165) is 0 Å². The van der Waals surface area contributed by atoms with Crippen molar-refractivity contribution >= 4 is 17.3 Å². The Morgan fingerprint density at radius 2 is 2.64 bits per heavy atom. The van der Waals surface area contributed by atoms with Gasteiger partial charge in [0.1, 0.15) is 0 Å². The van der Waals surface area contributed by atoms with Crippen LogP contribution >= 0.6 is 11.3 Å². The van der Waals surface area contributed by atoms with Crippen molar-refractivity contribution < 1.29 is 9.90 Å². The van der Waals surface area contributed by atoms with Gasteiger partial charge >= 0.3 is 5.97 Å². The predicted octanol–water partition coefficient (Wildman–Crippen LogP) is 1.72. The lowest BCUT2D eigenvalue weighted by molar-refractivity contribution is -0.138. The number of aromatic nitrogens is 1. The van der Waals surface area contributed by atoms with Gasteiger partial charge in [0, 0.05) is 5.38 Å². The molecular weight excluding hydrogens is 162 g/mol. The Labute approximate surface area is 68.7 Å². The van der Waals surface area contributed by atoms with Crippen LogP contribution in [0.1, 0.15) is 25.0 Å². The van der Waals surface area contributed by atoms with Crippen LogP contribution in [0.3, 0.4) is 0 Å². The van der Waals surface area contributed by atoms with E-state index in [9.17, 15) is 4.79 Å². The van der Waals surface area contributed by atoms with Crippen molar-refractivity contribution in [3.05, 3.63) is 16.6 Å². The van der Waals surface area contributed by atoms with E-state index in [4.69, 9.17) is 5.11 Å². The van der Waals surface area contributed by atoms with Crippen molar-refractivity contribution in [2.24, 2.45) is 0 Å². The molecule has 1 N–H and O–H groups in total. The molecule has 60 valence electrons. The van der Waals surface area contributed by atoms with Gasteiger partial charge < -0.3 is 5.11 Å². The minimum absolute atomic E-state index is 0.429. The monoisotopic (exact) mass is 171 g/mol. The second-order valence-electron chi connectivity index (χ2n) is 2.21. The summed E-state index contributed by atoms with van der Waals surface area (Å²) in [6, 6.07) is 0. The molecule has 3 nitrogen and oxygen atoms in total. The third-order valence-corrected chi connectivity index (χ3v) is 2.12. The molecule has 0 aliphatic heterocycles. The van der Waals surface area contributed by atoms with Gasteiger partial charge in [-0.25, -0.2) is 4.98 Å². The first-order valence-electron chi connectivity index (χ1n) is 3.36. The highest BCUT2D eigenvalue weighted by Crippen LogP contribution is 2.18. The molecule has 0 spiro atoms. The molecule has 0 amide bonds. The van der Waals surface area contributed by atoms with E-state index in [2.05, 4.69) is 4.98 Å². The smallest absolute Gasteiger partial charge is 0.312 e. The third-order valence-electron chi connectivity index (χ3n) is 1.51. The predicted molar refractivity (Wildman–Crippen MR) is 42.8 cm³/mol. The molecule has 1 aromatic heterocycles. The maximum Gasteiger partial charge on any atom is 0.312 e. The first-order chi connectivity index (χ1) is 5.25. The normalized spacial score (nSPS) is 12.8. The Morgan fingerprint density at radius 3 is 3.00 bits per heavy atom. The fourth-order valence-electron chi connectivity index (χ4n) is 0.904. The Hall–Kier alpha value is -0.900. The number of carboxylic acids is 1. The highest BCUT2D eigenvalue weighted by molar-refractivity contribution is 7.07.